The molecule has 0 saturated heterocycles. The minimum absolute atomic E-state index is 0.372. The minimum atomic E-state index is -2.40. The Morgan fingerprint density at radius 3 is 2.81 bits per heavy atom. The van der Waals surface area contributed by atoms with E-state index in [1.54, 1.807) is 18.2 Å². The molecule has 16 heavy (non-hydrogen) atoms. The summed E-state index contributed by atoms with van der Waals surface area (Å²) < 4.78 is 29.4. The fourth-order valence-electron chi connectivity index (χ4n) is 1.22. The quantitative estimate of drug-likeness (QED) is 0.739. The Hall–Kier alpha value is -1.52. The molecule has 0 aliphatic rings. The average molecular weight is 230 g/mol. The Kier molecular flexibility index (Phi) is 4.82. The van der Waals surface area contributed by atoms with Gasteiger partial charge in [-0.25, -0.2) is 8.78 Å². The molecular weight excluding hydrogens is 214 g/mol. The predicted octanol–water partition coefficient (Wildman–Crippen LogP) is 2.73. The van der Waals surface area contributed by atoms with Crippen LogP contribution in [-0.4, -0.2) is 19.6 Å². The summed E-state index contributed by atoms with van der Waals surface area (Å²) in [6.07, 6.45) is -1.53. The molecule has 3 N–H and O–H groups in total. The van der Waals surface area contributed by atoms with E-state index in [-0.39, 0.29) is 0 Å². The molecule has 0 spiro atoms. The highest BCUT2D eigenvalue weighted by atomic mass is 19.3. The monoisotopic (exact) mass is 230 g/mol. The van der Waals surface area contributed by atoms with Crippen molar-refractivity contribution in [3.8, 4) is 5.75 Å². The van der Waals surface area contributed by atoms with Gasteiger partial charge in [-0.1, -0.05) is 13.0 Å². The summed E-state index contributed by atoms with van der Waals surface area (Å²) in [5, 5.41) is 2.57. The number of para-hydroxylation sites is 1. The summed E-state index contributed by atoms with van der Waals surface area (Å²) in [6.45, 7) is 2.12. The maximum absolute atomic E-state index is 12.0. The lowest BCUT2D eigenvalue weighted by Crippen LogP contribution is -2.12. The second kappa shape index (κ2) is 6.15. The molecule has 0 aliphatic heterocycles. The fourth-order valence-corrected chi connectivity index (χ4v) is 1.22. The van der Waals surface area contributed by atoms with Crippen LogP contribution in [0, 0.1) is 0 Å². The van der Waals surface area contributed by atoms with Gasteiger partial charge in [-0.05, 0) is 18.6 Å². The van der Waals surface area contributed by atoms with Crippen LogP contribution in [-0.2, 0) is 0 Å². The van der Waals surface area contributed by atoms with Crippen LogP contribution in [0.1, 0.15) is 13.3 Å². The summed E-state index contributed by atoms with van der Waals surface area (Å²) in [5.74, 6) is 0.529. The van der Waals surface area contributed by atoms with Crippen molar-refractivity contribution >= 4 is 11.4 Å². The van der Waals surface area contributed by atoms with E-state index < -0.39 is 13.0 Å². The number of nitrogens with two attached hydrogens (primary N) is 1. The van der Waals surface area contributed by atoms with Crippen LogP contribution in [0.4, 0.5) is 20.2 Å². The van der Waals surface area contributed by atoms with Crippen molar-refractivity contribution in [2.75, 3.05) is 24.2 Å². The van der Waals surface area contributed by atoms with Gasteiger partial charge in [-0.2, -0.15) is 0 Å². The van der Waals surface area contributed by atoms with E-state index in [0.29, 0.717) is 23.7 Å². The molecule has 0 saturated carbocycles. The SMILES string of the molecule is CCCOc1cccc(NCC(F)F)c1N. The van der Waals surface area contributed by atoms with Crippen LogP contribution in [0.25, 0.3) is 0 Å². The predicted molar refractivity (Wildman–Crippen MR) is 61.1 cm³/mol. The highest BCUT2D eigenvalue weighted by Crippen LogP contribution is 2.29. The second-order valence-corrected chi connectivity index (χ2v) is 3.34. The fraction of sp³-hybridized carbons (Fsp3) is 0.455. The number of rotatable bonds is 6. The van der Waals surface area contributed by atoms with Crippen molar-refractivity contribution < 1.29 is 13.5 Å². The first-order chi connectivity index (χ1) is 7.65. The number of hydrogen-bond donors (Lipinski definition) is 2. The third-order valence-electron chi connectivity index (χ3n) is 1.97. The van der Waals surface area contributed by atoms with Crippen LogP contribution in [0.3, 0.4) is 0 Å². The normalized spacial score (nSPS) is 10.5. The number of benzene rings is 1. The Morgan fingerprint density at radius 1 is 1.44 bits per heavy atom. The van der Waals surface area contributed by atoms with Gasteiger partial charge in [0.1, 0.15) is 5.75 Å². The number of anilines is 2. The molecule has 0 fully saturated rings. The topological polar surface area (TPSA) is 47.3 Å². The van der Waals surface area contributed by atoms with E-state index in [0.717, 1.165) is 6.42 Å². The molecule has 90 valence electrons. The molecule has 1 rings (SSSR count). The van der Waals surface area contributed by atoms with Crippen LogP contribution >= 0.6 is 0 Å². The number of nitrogen functional groups attached to an aromatic ring is 1. The first kappa shape index (κ1) is 12.5. The molecule has 0 bridgehead atoms. The largest absolute Gasteiger partial charge is 0.491 e. The van der Waals surface area contributed by atoms with Gasteiger partial charge < -0.3 is 15.8 Å². The third-order valence-corrected chi connectivity index (χ3v) is 1.97. The zero-order valence-electron chi connectivity index (χ0n) is 9.17. The van der Waals surface area contributed by atoms with Gasteiger partial charge in [0.25, 0.3) is 6.43 Å². The second-order valence-electron chi connectivity index (χ2n) is 3.34. The third kappa shape index (κ3) is 3.56. The van der Waals surface area contributed by atoms with Crippen LogP contribution in [0.5, 0.6) is 5.75 Å². The van der Waals surface area contributed by atoms with E-state index in [9.17, 15) is 8.78 Å². The Bertz CT molecular complexity index is 332. The molecule has 0 aliphatic carbocycles. The summed E-state index contributed by atoms with van der Waals surface area (Å²) in [4.78, 5) is 0. The van der Waals surface area contributed by atoms with E-state index in [2.05, 4.69) is 5.32 Å². The maximum Gasteiger partial charge on any atom is 0.255 e. The zero-order chi connectivity index (χ0) is 12.0. The highest BCUT2D eigenvalue weighted by Gasteiger charge is 2.07. The van der Waals surface area contributed by atoms with Crippen molar-refractivity contribution in [1.82, 2.24) is 0 Å². The molecule has 0 unspecified atom stereocenters. The first-order valence-electron chi connectivity index (χ1n) is 5.18. The van der Waals surface area contributed by atoms with Gasteiger partial charge >= 0.3 is 0 Å². The molecule has 5 heteroatoms. The summed E-state index contributed by atoms with van der Waals surface area (Å²) in [6, 6.07) is 5.09. The standard InChI is InChI=1S/C11H16F2N2O/c1-2-6-16-9-5-3-4-8(11(9)14)15-7-10(12)13/h3-5,10,15H,2,6-7,14H2,1H3. The number of ether oxygens (including phenoxy) is 1. The van der Waals surface area contributed by atoms with Gasteiger partial charge in [0, 0.05) is 0 Å². The lowest BCUT2D eigenvalue weighted by Gasteiger charge is -2.13. The molecule has 0 radical (unpaired) electrons. The molecule has 0 heterocycles. The lowest BCUT2D eigenvalue weighted by atomic mass is 10.2. The van der Waals surface area contributed by atoms with Crippen LogP contribution < -0.4 is 15.8 Å². The minimum Gasteiger partial charge on any atom is -0.491 e. The molecular formula is C11H16F2N2O. The maximum atomic E-state index is 12.0. The van der Waals surface area contributed by atoms with E-state index in [1.165, 1.54) is 0 Å². The molecule has 1 aromatic rings. The zero-order valence-corrected chi connectivity index (χ0v) is 9.17. The van der Waals surface area contributed by atoms with Crippen LogP contribution in [0.15, 0.2) is 18.2 Å². The molecule has 0 atom stereocenters. The smallest absolute Gasteiger partial charge is 0.255 e. The van der Waals surface area contributed by atoms with E-state index in [1.807, 2.05) is 6.92 Å². The molecule has 0 aromatic heterocycles. The summed E-state index contributed by atoms with van der Waals surface area (Å²) >= 11 is 0. The van der Waals surface area contributed by atoms with Crippen molar-refractivity contribution in [2.45, 2.75) is 19.8 Å². The lowest BCUT2D eigenvalue weighted by molar-refractivity contribution is 0.163. The van der Waals surface area contributed by atoms with Crippen molar-refractivity contribution in [2.24, 2.45) is 0 Å². The average Bonchev–Trinajstić information content (AvgIpc) is 2.26. The van der Waals surface area contributed by atoms with Gasteiger partial charge in [-0.15, -0.1) is 0 Å². The summed E-state index contributed by atoms with van der Waals surface area (Å²) in [7, 11) is 0. The highest BCUT2D eigenvalue weighted by molar-refractivity contribution is 5.72. The van der Waals surface area contributed by atoms with Crippen molar-refractivity contribution in [3.63, 3.8) is 0 Å². The summed E-state index contributed by atoms with van der Waals surface area (Å²) in [5.41, 5.74) is 6.63. The van der Waals surface area contributed by atoms with Crippen LogP contribution in [0.2, 0.25) is 0 Å². The van der Waals surface area contributed by atoms with Gasteiger partial charge in [0.2, 0.25) is 0 Å². The first-order valence-corrected chi connectivity index (χ1v) is 5.18. The Balaban J connectivity index is 2.70. The van der Waals surface area contributed by atoms with E-state index >= 15 is 0 Å². The Labute approximate surface area is 93.6 Å². The van der Waals surface area contributed by atoms with Gasteiger partial charge in [0.15, 0.2) is 0 Å². The number of nitrogens with one attached hydrogen (secondary N) is 1. The van der Waals surface area contributed by atoms with Gasteiger partial charge in [0.05, 0.1) is 24.5 Å². The van der Waals surface area contributed by atoms with E-state index in [4.69, 9.17) is 10.5 Å². The molecule has 3 nitrogen and oxygen atoms in total. The van der Waals surface area contributed by atoms with Gasteiger partial charge in [-0.3, -0.25) is 0 Å². The number of hydrogen-bond acceptors (Lipinski definition) is 3. The molecule has 0 amide bonds. The van der Waals surface area contributed by atoms with Crippen molar-refractivity contribution in [3.05, 3.63) is 18.2 Å². The van der Waals surface area contributed by atoms with Crippen molar-refractivity contribution in [1.29, 1.82) is 0 Å². The molecule has 1 aromatic carbocycles. The number of alkyl halides is 2. The number of halogens is 2. The Morgan fingerprint density at radius 2 is 2.19 bits per heavy atom.